The Kier molecular flexibility index (Phi) is 8.46. The van der Waals surface area contributed by atoms with E-state index < -0.39 is 22.4 Å². The van der Waals surface area contributed by atoms with Crippen LogP contribution in [0, 0.1) is 0 Å². The standard InChI is InChI=1S/C30H51NO5Si2/c1-28(2,3)37(7,8)35-24-23(31-32-21-22-17-13-11-14-18-22)25(36-38(9,10)29(4,5)6)27-26(24)33-30(34-27)19-15-12-16-20-30/h11,13-14,17-18,24-27H,12,15-16,19-21H2,1-10H3/t24-,25+,26+,27-. The van der Waals surface area contributed by atoms with Crippen LogP contribution in [0.1, 0.15) is 79.2 Å². The van der Waals surface area contributed by atoms with Crippen molar-refractivity contribution in [3.63, 3.8) is 0 Å². The van der Waals surface area contributed by atoms with Crippen molar-refractivity contribution in [1.82, 2.24) is 0 Å². The van der Waals surface area contributed by atoms with E-state index in [1.54, 1.807) is 0 Å². The Balaban J connectivity index is 1.72. The molecule has 3 aliphatic rings. The quantitative estimate of drug-likeness (QED) is 0.251. The van der Waals surface area contributed by atoms with E-state index in [0.29, 0.717) is 6.61 Å². The number of hydrogen-bond donors (Lipinski definition) is 0. The molecule has 6 nitrogen and oxygen atoms in total. The fourth-order valence-electron chi connectivity index (χ4n) is 5.05. The highest BCUT2D eigenvalue weighted by atomic mass is 28.4. The van der Waals surface area contributed by atoms with Gasteiger partial charge in [-0.15, -0.1) is 0 Å². The average Bonchev–Trinajstić information content (AvgIpc) is 3.27. The molecule has 4 atom stereocenters. The number of fused-ring (bicyclic) bond motifs is 1. The van der Waals surface area contributed by atoms with E-state index >= 15 is 0 Å². The lowest BCUT2D eigenvalue weighted by molar-refractivity contribution is -0.203. The van der Waals surface area contributed by atoms with Gasteiger partial charge in [-0.05, 0) is 54.7 Å². The third kappa shape index (κ3) is 6.15. The molecule has 0 amide bonds. The van der Waals surface area contributed by atoms with Crippen molar-refractivity contribution in [2.45, 2.75) is 147 Å². The summed E-state index contributed by atoms with van der Waals surface area (Å²) < 4.78 is 28.0. The molecule has 0 unspecified atom stereocenters. The summed E-state index contributed by atoms with van der Waals surface area (Å²) in [5.74, 6) is -0.534. The summed E-state index contributed by atoms with van der Waals surface area (Å²) in [5.41, 5.74) is 1.86. The number of nitrogens with zero attached hydrogens (tertiary/aromatic N) is 1. The molecular weight excluding hydrogens is 511 g/mol. The van der Waals surface area contributed by atoms with Gasteiger partial charge in [0.1, 0.15) is 36.7 Å². The second-order valence-corrected chi connectivity index (χ2v) is 24.0. The Morgan fingerprint density at radius 2 is 1.26 bits per heavy atom. The summed E-state index contributed by atoms with van der Waals surface area (Å²) in [6, 6.07) is 10.1. The van der Waals surface area contributed by atoms with Gasteiger partial charge in [0.05, 0.1) is 0 Å². The Bertz CT molecular complexity index is 929. The van der Waals surface area contributed by atoms with Crippen LogP contribution in [0.25, 0.3) is 0 Å². The van der Waals surface area contributed by atoms with Crippen LogP contribution >= 0.6 is 0 Å². The van der Waals surface area contributed by atoms with Crippen LogP contribution in [0.15, 0.2) is 35.5 Å². The van der Waals surface area contributed by atoms with E-state index in [1.807, 2.05) is 18.2 Å². The maximum atomic E-state index is 7.12. The topological polar surface area (TPSA) is 58.5 Å². The third-order valence-electron chi connectivity index (χ3n) is 9.52. The molecule has 0 bridgehead atoms. The van der Waals surface area contributed by atoms with E-state index in [4.69, 9.17) is 28.3 Å². The molecule has 1 heterocycles. The first-order valence-corrected chi connectivity index (χ1v) is 20.3. The minimum absolute atomic E-state index is 0.0405. The molecule has 2 saturated carbocycles. The molecule has 1 aromatic carbocycles. The normalized spacial score (nSPS) is 29.2. The number of benzene rings is 1. The van der Waals surface area contributed by atoms with Gasteiger partial charge in [0, 0.05) is 12.8 Å². The van der Waals surface area contributed by atoms with E-state index in [9.17, 15) is 0 Å². The first kappa shape index (κ1) is 29.9. The molecule has 0 N–H and O–H groups in total. The number of oxime groups is 1. The first-order chi connectivity index (χ1) is 17.6. The predicted molar refractivity (Wildman–Crippen MR) is 158 cm³/mol. The van der Waals surface area contributed by atoms with Gasteiger partial charge in [0.2, 0.25) is 0 Å². The lowest BCUT2D eigenvalue weighted by atomic mass is 9.94. The van der Waals surface area contributed by atoms with Crippen molar-refractivity contribution >= 4 is 22.3 Å². The number of rotatable bonds is 7. The molecule has 0 radical (unpaired) electrons. The minimum Gasteiger partial charge on any atom is -0.406 e. The van der Waals surface area contributed by atoms with E-state index in [2.05, 4.69) is 79.9 Å². The van der Waals surface area contributed by atoms with Gasteiger partial charge in [-0.25, -0.2) is 0 Å². The lowest BCUT2D eigenvalue weighted by Crippen LogP contribution is -2.51. The molecule has 8 heteroatoms. The summed E-state index contributed by atoms with van der Waals surface area (Å²) in [7, 11) is -4.35. The Morgan fingerprint density at radius 3 is 1.71 bits per heavy atom. The van der Waals surface area contributed by atoms with Crippen LogP contribution in [0.4, 0.5) is 0 Å². The highest BCUT2D eigenvalue weighted by Gasteiger charge is 2.64. The van der Waals surface area contributed by atoms with Crippen molar-refractivity contribution < 1.29 is 23.2 Å². The predicted octanol–water partition coefficient (Wildman–Crippen LogP) is 7.80. The Labute approximate surface area is 233 Å². The second-order valence-electron chi connectivity index (χ2n) is 14.5. The van der Waals surface area contributed by atoms with Crippen molar-refractivity contribution in [3.8, 4) is 0 Å². The zero-order chi connectivity index (χ0) is 28.0. The van der Waals surface area contributed by atoms with Crippen LogP contribution in [0.2, 0.25) is 36.3 Å². The van der Waals surface area contributed by atoms with Crippen molar-refractivity contribution in [2.75, 3.05) is 0 Å². The van der Waals surface area contributed by atoms with Crippen LogP contribution < -0.4 is 0 Å². The van der Waals surface area contributed by atoms with Crippen molar-refractivity contribution in [1.29, 1.82) is 0 Å². The minimum atomic E-state index is -2.18. The second kappa shape index (κ2) is 10.7. The van der Waals surface area contributed by atoms with Gasteiger partial charge in [0.15, 0.2) is 22.4 Å². The Morgan fingerprint density at radius 1 is 0.789 bits per heavy atom. The molecule has 2 aliphatic carbocycles. The van der Waals surface area contributed by atoms with Gasteiger partial charge in [-0.2, -0.15) is 0 Å². The monoisotopic (exact) mass is 561 g/mol. The van der Waals surface area contributed by atoms with E-state index in [-0.39, 0.29) is 34.5 Å². The molecule has 1 aliphatic heterocycles. The lowest BCUT2D eigenvalue weighted by Gasteiger charge is -2.41. The number of hydrogen-bond acceptors (Lipinski definition) is 6. The molecule has 1 aromatic rings. The van der Waals surface area contributed by atoms with E-state index in [1.165, 1.54) is 6.42 Å². The number of ether oxygens (including phenoxy) is 2. The Hall–Kier alpha value is -1.04. The van der Waals surface area contributed by atoms with Crippen molar-refractivity contribution in [3.05, 3.63) is 35.9 Å². The molecule has 1 saturated heterocycles. The molecule has 3 fully saturated rings. The molecular formula is C30H51NO5Si2. The van der Waals surface area contributed by atoms with Crippen molar-refractivity contribution in [2.24, 2.45) is 5.16 Å². The van der Waals surface area contributed by atoms with Crippen LogP contribution in [-0.4, -0.2) is 52.5 Å². The van der Waals surface area contributed by atoms with Crippen LogP contribution in [-0.2, 0) is 29.8 Å². The first-order valence-electron chi connectivity index (χ1n) is 14.5. The van der Waals surface area contributed by atoms with E-state index in [0.717, 1.165) is 37.0 Å². The summed E-state index contributed by atoms with van der Waals surface area (Å²) in [4.78, 5) is 6.01. The van der Waals surface area contributed by atoms with Crippen LogP contribution in [0.5, 0.6) is 0 Å². The SMILES string of the molecule is CC(C)(C)[Si](C)(C)O[C@@H]1C(=NOCc2ccccc2)[C@H](O[Si](C)(C)C(C)(C)C)[C@H]2OC3(CCCCC3)O[C@H]21. The molecule has 4 rings (SSSR count). The largest absolute Gasteiger partial charge is 0.406 e. The average molecular weight is 562 g/mol. The van der Waals surface area contributed by atoms with Gasteiger partial charge < -0.3 is 23.2 Å². The fraction of sp³-hybridized carbons (Fsp3) is 0.767. The van der Waals surface area contributed by atoms with Gasteiger partial charge in [-0.1, -0.05) is 83.5 Å². The van der Waals surface area contributed by atoms with Gasteiger partial charge >= 0.3 is 0 Å². The maximum absolute atomic E-state index is 7.12. The molecule has 214 valence electrons. The summed E-state index contributed by atoms with van der Waals surface area (Å²) >= 11 is 0. The smallest absolute Gasteiger partial charge is 0.193 e. The summed E-state index contributed by atoms with van der Waals surface area (Å²) in [6.45, 7) is 23.2. The summed E-state index contributed by atoms with van der Waals surface area (Å²) in [6.07, 6.45) is 4.13. The zero-order valence-corrected chi connectivity index (χ0v) is 27.4. The van der Waals surface area contributed by atoms with Crippen LogP contribution in [0.3, 0.4) is 0 Å². The maximum Gasteiger partial charge on any atom is 0.193 e. The molecule has 38 heavy (non-hydrogen) atoms. The molecule has 0 aromatic heterocycles. The van der Waals surface area contributed by atoms with Gasteiger partial charge in [0.25, 0.3) is 0 Å². The van der Waals surface area contributed by atoms with Gasteiger partial charge in [-0.3, -0.25) is 0 Å². The highest BCUT2D eigenvalue weighted by molar-refractivity contribution is 6.75. The third-order valence-corrected chi connectivity index (χ3v) is 18.4. The molecule has 1 spiro atoms. The summed E-state index contributed by atoms with van der Waals surface area (Å²) in [5, 5.41) is 4.86. The fourth-order valence-corrected chi connectivity index (χ4v) is 7.54. The highest BCUT2D eigenvalue weighted by Crippen LogP contribution is 2.50. The zero-order valence-electron chi connectivity index (χ0n) is 25.4.